The third kappa shape index (κ3) is 6.23. The van der Waals surface area contributed by atoms with Crippen molar-refractivity contribution in [1.82, 2.24) is 9.80 Å². The molecule has 2 heterocycles. The number of nitrogens with one attached hydrogen (secondary N) is 1. The molecule has 4 amide bonds. The Bertz CT molecular complexity index is 1180. The van der Waals surface area contributed by atoms with Crippen molar-refractivity contribution in [3.8, 4) is 11.5 Å². The molecule has 0 aromatic heterocycles. The van der Waals surface area contributed by atoms with Crippen molar-refractivity contribution in [1.29, 1.82) is 0 Å². The summed E-state index contributed by atoms with van der Waals surface area (Å²) in [6, 6.07) is 13.8. The van der Waals surface area contributed by atoms with Crippen LogP contribution in [0.1, 0.15) is 5.56 Å². The first kappa shape index (κ1) is 25.3. The second-order valence-corrected chi connectivity index (χ2v) is 8.86. The largest absolute Gasteiger partial charge is 0.495 e. The molecule has 0 saturated carbocycles. The Morgan fingerprint density at radius 3 is 2.53 bits per heavy atom. The van der Waals surface area contributed by atoms with Crippen LogP contribution in [0.4, 0.5) is 10.5 Å². The summed E-state index contributed by atoms with van der Waals surface area (Å²) in [6.45, 7) is 1.29. The smallest absolute Gasteiger partial charge is 0.294 e. The number of thioether (sulfide) groups is 1. The first-order valence-corrected chi connectivity index (χ1v) is 12.0. The molecule has 10 nitrogen and oxygen atoms in total. The standard InChI is InChI=1S/C25H25N3O7S/c1-33-20-5-3-2-4-19(20)26-22(29)16-35-18-8-6-17(7-9-18)14-21-24(31)28(25(32)36-21)15-23(30)27-10-12-34-13-11-27/h2-9,14H,10-13,15-16H2,1H3,(H,26,29)/b21-14-. The van der Waals surface area contributed by atoms with E-state index in [2.05, 4.69) is 5.32 Å². The van der Waals surface area contributed by atoms with E-state index >= 15 is 0 Å². The molecule has 2 aromatic rings. The molecular weight excluding hydrogens is 486 g/mol. The molecule has 2 fully saturated rings. The minimum atomic E-state index is -0.500. The molecular formula is C25H25N3O7S. The zero-order valence-corrected chi connectivity index (χ0v) is 20.4. The predicted octanol–water partition coefficient (Wildman–Crippen LogP) is 2.61. The van der Waals surface area contributed by atoms with Crippen LogP contribution in [0.3, 0.4) is 0 Å². The lowest BCUT2D eigenvalue weighted by atomic mass is 10.2. The molecule has 0 atom stereocenters. The number of hydrogen-bond donors (Lipinski definition) is 1. The van der Waals surface area contributed by atoms with Crippen molar-refractivity contribution in [2.24, 2.45) is 0 Å². The molecule has 1 N–H and O–H groups in total. The molecule has 4 rings (SSSR count). The number of hydrogen-bond acceptors (Lipinski definition) is 8. The number of imide groups is 1. The Kier molecular flexibility index (Phi) is 8.24. The number of methoxy groups -OCH3 is 1. The van der Waals surface area contributed by atoms with Gasteiger partial charge in [-0.1, -0.05) is 24.3 Å². The van der Waals surface area contributed by atoms with Gasteiger partial charge in [0.15, 0.2) is 6.61 Å². The summed E-state index contributed by atoms with van der Waals surface area (Å²) < 4.78 is 16.0. The van der Waals surface area contributed by atoms with Crippen molar-refractivity contribution in [2.45, 2.75) is 0 Å². The van der Waals surface area contributed by atoms with Gasteiger partial charge < -0.3 is 24.4 Å². The maximum Gasteiger partial charge on any atom is 0.294 e. The summed E-state index contributed by atoms with van der Waals surface area (Å²) in [4.78, 5) is 52.5. The number of carbonyl (C=O) groups excluding carboxylic acids is 4. The number of para-hydroxylation sites is 2. The number of amides is 4. The van der Waals surface area contributed by atoms with Gasteiger partial charge in [-0.3, -0.25) is 24.1 Å². The van der Waals surface area contributed by atoms with Gasteiger partial charge in [0.05, 0.1) is 30.9 Å². The molecule has 2 aliphatic heterocycles. The van der Waals surface area contributed by atoms with E-state index in [-0.39, 0.29) is 29.9 Å². The second kappa shape index (κ2) is 11.7. The van der Waals surface area contributed by atoms with Gasteiger partial charge in [-0.25, -0.2) is 0 Å². The first-order chi connectivity index (χ1) is 17.4. The number of rotatable bonds is 8. The van der Waals surface area contributed by atoms with Gasteiger partial charge in [-0.2, -0.15) is 0 Å². The molecule has 0 aliphatic carbocycles. The van der Waals surface area contributed by atoms with E-state index in [1.807, 2.05) is 0 Å². The maximum absolute atomic E-state index is 12.7. The van der Waals surface area contributed by atoms with E-state index < -0.39 is 11.1 Å². The summed E-state index contributed by atoms with van der Waals surface area (Å²) in [7, 11) is 1.52. The SMILES string of the molecule is COc1ccccc1NC(=O)COc1ccc(/C=C2\SC(=O)N(CC(=O)N3CCOCC3)C2=O)cc1. The van der Waals surface area contributed by atoms with Crippen molar-refractivity contribution in [2.75, 3.05) is 51.9 Å². The molecule has 2 aromatic carbocycles. The normalized spacial score (nSPS) is 16.9. The van der Waals surface area contributed by atoms with Crippen LogP contribution >= 0.6 is 11.8 Å². The van der Waals surface area contributed by atoms with Gasteiger partial charge in [-0.05, 0) is 47.7 Å². The van der Waals surface area contributed by atoms with E-state index in [4.69, 9.17) is 14.2 Å². The Labute approximate surface area is 212 Å². The van der Waals surface area contributed by atoms with Gasteiger partial charge in [0.25, 0.3) is 17.1 Å². The third-order valence-corrected chi connectivity index (χ3v) is 6.37. The molecule has 0 radical (unpaired) electrons. The number of benzene rings is 2. The predicted molar refractivity (Wildman–Crippen MR) is 134 cm³/mol. The fraction of sp³-hybridized carbons (Fsp3) is 0.280. The van der Waals surface area contributed by atoms with Crippen LogP contribution in [0.15, 0.2) is 53.4 Å². The van der Waals surface area contributed by atoms with E-state index in [1.54, 1.807) is 59.5 Å². The van der Waals surface area contributed by atoms with Crippen LogP contribution in [-0.2, 0) is 19.1 Å². The molecule has 0 unspecified atom stereocenters. The Balaban J connectivity index is 1.31. The van der Waals surface area contributed by atoms with Crippen LogP contribution in [0, 0.1) is 0 Å². The highest BCUT2D eigenvalue weighted by Crippen LogP contribution is 2.32. The van der Waals surface area contributed by atoms with E-state index in [1.165, 1.54) is 7.11 Å². The summed E-state index contributed by atoms with van der Waals surface area (Å²) in [5.74, 6) is -0.112. The highest BCUT2D eigenvalue weighted by molar-refractivity contribution is 8.18. The molecule has 0 bridgehead atoms. The van der Waals surface area contributed by atoms with Crippen LogP contribution in [0.5, 0.6) is 11.5 Å². The zero-order chi connectivity index (χ0) is 25.5. The minimum Gasteiger partial charge on any atom is -0.495 e. The molecule has 2 aliphatic rings. The van der Waals surface area contributed by atoms with E-state index in [0.29, 0.717) is 49.1 Å². The van der Waals surface area contributed by atoms with Crippen LogP contribution in [-0.4, -0.2) is 79.3 Å². The van der Waals surface area contributed by atoms with Crippen LogP contribution in [0.25, 0.3) is 6.08 Å². The van der Waals surface area contributed by atoms with Gasteiger partial charge in [-0.15, -0.1) is 0 Å². The molecule has 2 saturated heterocycles. The van der Waals surface area contributed by atoms with Crippen molar-refractivity contribution in [3.63, 3.8) is 0 Å². The van der Waals surface area contributed by atoms with Crippen molar-refractivity contribution >= 4 is 46.5 Å². The summed E-state index contributed by atoms with van der Waals surface area (Å²) in [5, 5.41) is 2.25. The van der Waals surface area contributed by atoms with E-state index in [0.717, 1.165) is 16.7 Å². The summed E-state index contributed by atoms with van der Waals surface area (Å²) >= 11 is 0.796. The fourth-order valence-electron chi connectivity index (χ4n) is 3.58. The highest BCUT2D eigenvalue weighted by atomic mass is 32.2. The second-order valence-electron chi connectivity index (χ2n) is 7.87. The lowest BCUT2D eigenvalue weighted by molar-refractivity contribution is -0.139. The van der Waals surface area contributed by atoms with E-state index in [9.17, 15) is 19.2 Å². The fourth-order valence-corrected chi connectivity index (χ4v) is 4.42. The molecule has 0 spiro atoms. The molecule has 36 heavy (non-hydrogen) atoms. The Hall–Kier alpha value is -3.83. The monoisotopic (exact) mass is 511 g/mol. The average molecular weight is 512 g/mol. The minimum absolute atomic E-state index is 0.201. The van der Waals surface area contributed by atoms with Crippen molar-refractivity contribution in [3.05, 3.63) is 59.0 Å². The first-order valence-electron chi connectivity index (χ1n) is 11.2. The van der Waals surface area contributed by atoms with Crippen LogP contribution < -0.4 is 14.8 Å². The molecule has 188 valence electrons. The van der Waals surface area contributed by atoms with Crippen molar-refractivity contribution < 1.29 is 33.4 Å². The number of anilines is 1. The number of carbonyl (C=O) groups is 4. The quantitative estimate of drug-likeness (QED) is 0.538. The van der Waals surface area contributed by atoms with Gasteiger partial charge >= 0.3 is 0 Å². The Morgan fingerprint density at radius 2 is 1.81 bits per heavy atom. The summed E-state index contributed by atoms with van der Waals surface area (Å²) in [6.07, 6.45) is 1.59. The molecule has 11 heteroatoms. The van der Waals surface area contributed by atoms with Gasteiger partial charge in [0.1, 0.15) is 18.0 Å². The summed E-state index contributed by atoms with van der Waals surface area (Å²) in [5.41, 5.74) is 1.22. The van der Waals surface area contributed by atoms with Crippen LogP contribution in [0.2, 0.25) is 0 Å². The maximum atomic E-state index is 12.7. The number of ether oxygens (including phenoxy) is 3. The lowest BCUT2D eigenvalue weighted by Gasteiger charge is -2.28. The lowest BCUT2D eigenvalue weighted by Crippen LogP contribution is -2.46. The Morgan fingerprint density at radius 1 is 1.08 bits per heavy atom. The zero-order valence-electron chi connectivity index (χ0n) is 19.6. The number of nitrogens with zero attached hydrogens (tertiary/aromatic N) is 2. The average Bonchev–Trinajstić information content (AvgIpc) is 3.16. The third-order valence-electron chi connectivity index (χ3n) is 5.46. The topological polar surface area (TPSA) is 114 Å². The highest BCUT2D eigenvalue weighted by Gasteiger charge is 2.37. The number of morpholine rings is 1. The van der Waals surface area contributed by atoms with Gasteiger partial charge in [0, 0.05) is 13.1 Å². The van der Waals surface area contributed by atoms with Gasteiger partial charge in [0.2, 0.25) is 5.91 Å².